The van der Waals surface area contributed by atoms with E-state index >= 15 is 0 Å². The van der Waals surface area contributed by atoms with Crippen LogP contribution in [-0.2, 0) is 6.54 Å². The van der Waals surface area contributed by atoms with Gasteiger partial charge < -0.3 is 10.2 Å². The molecule has 2 unspecified atom stereocenters. The van der Waals surface area contributed by atoms with E-state index in [4.69, 9.17) is 0 Å². The second-order valence-electron chi connectivity index (χ2n) is 4.79. The van der Waals surface area contributed by atoms with Gasteiger partial charge in [0.15, 0.2) is 5.13 Å². The molecule has 17 heavy (non-hydrogen) atoms. The Bertz CT molecular complexity index is 350. The summed E-state index contributed by atoms with van der Waals surface area (Å²) >= 11 is 1.85. The Balaban J connectivity index is 2.07. The lowest BCUT2D eigenvalue weighted by Gasteiger charge is -2.27. The highest BCUT2D eigenvalue weighted by molar-refractivity contribution is 7.15. The molecule has 2 heterocycles. The molecule has 0 bridgehead atoms. The first-order valence-electron chi connectivity index (χ1n) is 6.70. The molecule has 0 aromatic carbocycles. The summed E-state index contributed by atoms with van der Waals surface area (Å²) in [5.41, 5.74) is 0. The van der Waals surface area contributed by atoms with Crippen LogP contribution in [0.2, 0.25) is 0 Å². The Morgan fingerprint density at radius 3 is 3.00 bits per heavy atom. The van der Waals surface area contributed by atoms with Gasteiger partial charge in [0.25, 0.3) is 0 Å². The zero-order chi connectivity index (χ0) is 12.3. The summed E-state index contributed by atoms with van der Waals surface area (Å²) in [6.45, 7) is 8.71. The average Bonchev–Trinajstić information content (AvgIpc) is 2.92. The number of nitrogens with zero attached hydrogens (tertiary/aromatic N) is 2. The van der Waals surface area contributed by atoms with Crippen LogP contribution in [0.1, 0.15) is 44.9 Å². The highest BCUT2D eigenvalue weighted by Gasteiger charge is 2.31. The molecule has 1 aliphatic heterocycles. The van der Waals surface area contributed by atoms with Gasteiger partial charge in [-0.2, -0.15) is 0 Å². The van der Waals surface area contributed by atoms with Crippen LogP contribution in [0, 0.1) is 0 Å². The number of rotatable bonds is 5. The van der Waals surface area contributed by atoms with Gasteiger partial charge in [0.1, 0.15) is 0 Å². The second kappa shape index (κ2) is 5.83. The van der Waals surface area contributed by atoms with Crippen LogP contribution in [-0.4, -0.2) is 23.6 Å². The minimum atomic E-state index is 0.651. The molecule has 4 heteroatoms. The fraction of sp³-hybridized carbons (Fsp3) is 0.769. The van der Waals surface area contributed by atoms with Gasteiger partial charge in [-0.15, -0.1) is 11.3 Å². The fourth-order valence-electron chi connectivity index (χ4n) is 2.56. The molecule has 1 N–H and O–H groups in total. The first-order chi connectivity index (χ1) is 8.26. The molecule has 1 fully saturated rings. The van der Waals surface area contributed by atoms with Gasteiger partial charge in [-0.25, -0.2) is 4.98 Å². The number of anilines is 1. The van der Waals surface area contributed by atoms with Crippen molar-refractivity contribution >= 4 is 16.5 Å². The summed E-state index contributed by atoms with van der Waals surface area (Å²) in [5, 5.41) is 4.57. The van der Waals surface area contributed by atoms with E-state index in [1.54, 1.807) is 0 Å². The van der Waals surface area contributed by atoms with E-state index < -0.39 is 0 Å². The molecule has 0 saturated carbocycles. The Hall–Kier alpha value is -0.610. The fourth-order valence-corrected chi connectivity index (χ4v) is 3.62. The summed E-state index contributed by atoms with van der Waals surface area (Å²) in [6, 6.07) is 1.35. The van der Waals surface area contributed by atoms with Crippen molar-refractivity contribution in [3.63, 3.8) is 0 Å². The molecule has 2 rings (SSSR count). The Morgan fingerprint density at radius 1 is 1.47 bits per heavy atom. The molecule has 1 saturated heterocycles. The lowest BCUT2D eigenvalue weighted by molar-refractivity contribution is 0.626. The standard InChI is InChI=1S/C13H23N3S/c1-4-11-7-6-10(3)16(11)13-15-9-12(17-13)8-14-5-2/h9-11,14H,4-8H2,1-3H3. The van der Waals surface area contributed by atoms with Crippen molar-refractivity contribution in [1.29, 1.82) is 0 Å². The van der Waals surface area contributed by atoms with Crippen molar-refractivity contribution in [2.24, 2.45) is 0 Å². The maximum atomic E-state index is 4.60. The van der Waals surface area contributed by atoms with Crippen molar-refractivity contribution in [3.05, 3.63) is 11.1 Å². The monoisotopic (exact) mass is 253 g/mol. The summed E-state index contributed by atoms with van der Waals surface area (Å²) in [4.78, 5) is 8.48. The quantitative estimate of drug-likeness (QED) is 0.874. The number of hydrogen-bond donors (Lipinski definition) is 1. The third-order valence-corrected chi connectivity index (χ3v) is 4.58. The SMILES string of the molecule is CCNCc1cnc(N2C(C)CCC2CC)s1. The predicted molar refractivity (Wildman–Crippen MR) is 74.7 cm³/mol. The summed E-state index contributed by atoms with van der Waals surface area (Å²) in [5.74, 6) is 0. The van der Waals surface area contributed by atoms with E-state index in [0.29, 0.717) is 12.1 Å². The number of aromatic nitrogens is 1. The maximum absolute atomic E-state index is 4.60. The zero-order valence-corrected chi connectivity index (χ0v) is 11.9. The Labute approximate surface area is 108 Å². The van der Waals surface area contributed by atoms with Crippen molar-refractivity contribution in [2.45, 2.75) is 58.7 Å². The predicted octanol–water partition coefficient (Wildman–Crippen LogP) is 3.02. The van der Waals surface area contributed by atoms with Crippen molar-refractivity contribution in [2.75, 3.05) is 11.4 Å². The molecule has 0 spiro atoms. The number of nitrogens with one attached hydrogen (secondary N) is 1. The van der Waals surface area contributed by atoms with Crippen LogP contribution in [0.4, 0.5) is 5.13 Å². The van der Waals surface area contributed by atoms with Crippen LogP contribution in [0.3, 0.4) is 0 Å². The molecule has 0 radical (unpaired) electrons. The summed E-state index contributed by atoms with van der Waals surface area (Å²) in [7, 11) is 0. The van der Waals surface area contributed by atoms with Crippen LogP contribution in [0.5, 0.6) is 0 Å². The molecule has 0 aliphatic carbocycles. The van der Waals surface area contributed by atoms with E-state index in [9.17, 15) is 0 Å². The first-order valence-corrected chi connectivity index (χ1v) is 7.51. The van der Waals surface area contributed by atoms with E-state index in [1.807, 2.05) is 17.5 Å². The summed E-state index contributed by atoms with van der Waals surface area (Å²) in [6.07, 6.45) is 5.88. The average molecular weight is 253 g/mol. The van der Waals surface area contributed by atoms with E-state index in [0.717, 1.165) is 13.1 Å². The van der Waals surface area contributed by atoms with Crippen molar-refractivity contribution < 1.29 is 0 Å². The third kappa shape index (κ3) is 2.80. The largest absolute Gasteiger partial charge is 0.342 e. The molecule has 1 aromatic rings. The van der Waals surface area contributed by atoms with Crippen LogP contribution < -0.4 is 10.2 Å². The Kier molecular flexibility index (Phi) is 4.40. The van der Waals surface area contributed by atoms with Gasteiger partial charge >= 0.3 is 0 Å². The second-order valence-corrected chi connectivity index (χ2v) is 5.88. The molecule has 96 valence electrons. The topological polar surface area (TPSA) is 28.2 Å². The minimum Gasteiger partial charge on any atom is -0.342 e. The number of hydrogen-bond acceptors (Lipinski definition) is 4. The van der Waals surface area contributed by atoms with Gasteiger partial charge in [0.05, 0.1) is 0 Å². The number of thiazole rings is 1. The van der Waals surface area contributed by atoms with Crippen LogP contribution in [0.25, 0.3) is 0 Å². The van der Waals surface area contributed by atoms with Crippen LogP contribution >= 0.6 is 11.3 Å². The van der Waals surface area contributed by atoms with Gasteiger partial charge in [-0.3, -0.25) is 0 Å². The van der Waals surface area contributed by atoms with Gasteiger partial charge in [0.2, 0.25) is 0 Å². The van der Waals surface area contributed by atoms with Crippen molar-refractivity contribution in [3.8, 4) is 0 Å². The normalized spacial score (nSPS) is 24.5. The van der Waals surface area contributed by atoms with E-state index in [1.165, 1.54) is 29.3 Å². The molecule has 0 amide bonds. The lowest BCUT2D eigenvalue weighted by atomic mass is 10.2. The minimum absolute atomic E-state index is 0.651. The summed E-state index contributed by atoms with van der Waals surface area (Å²) < 4.78 is 0. The highest BCUT2D eigenvalue weighted by atomic mass is 32.1. The van der Waals surface area contributed by atoms with Gasteiger partial charge in [-0.05, 0) is 32.7 Å². The Morgan fingerprint density at radius 2 is 2.29 bits per heavy atom. The highest BCUT2D eigenvalue weighted by Crippen LogP contribution is 2.34. The molecular weight excluding hydrogens is 230 g/mol. The lowest BCUT2D eigenvalue weighted by Crippen LogP contribution is -2.33. The van der Waals surface area contributed by atoms with Crippen LogP contribution in [0.15, 0.2) is 6.20 Å². The molecule has 1 aromatic heterocycles. The molecule has 1 aliphatic rings. The molecule has 3 nitrogen and oxygen atoms in total. The van der Waals surface area contributed by atoms with E-state index in [2.05, 4.69) is 36.0 Å². The van der Waals surface area contributed by atoms with Crippen molar-refractivity contribution in [1.82, 2.24) is 10.3 Å². The maximum Gasteiger partial charge on any atom is 0.186 e. The molecule has 2 atom stereocenters. The van der Waals surface area contributed by atoms with Gasteiger partial charge in [-0.1, -0.05) is 13.8 Å². The molecular formula is C13H23N3S. The third-order valence-electron chi connectivity index (χ3n) is 3.57. The first kappa shape index (κ1) is 12.8. The van der Waals surface area contributed by atoms with Gasteiger partial charge in [0, 0.05) is 29.7 Å². The van der Waals surface area contributed by atoms with E-state index in [-0.39, 0.29) is 0 Å². The smallest absolute Gasteiger partial charge is 0.186 e. The zero-order valence-electron chi connectivity index (χ0n) is 11.1.